The van der Waals surface area contributed by atoms with Gasteiger partial charge in [0.15, 0.2) is 17.5 Å². The molecule has 2 atom stereocenters. The summed E-state index contributed by atoms with van der Waals surface area (Å²) in [5.41, 5.74) is 1.03. The highest BCUT2D eigenvalue weighted by Gasteiger charge is 2.25. The van der Waals surface area contributed by atoms with Gasteiger partial charge in [0.05, 0.1) is 17.9 Å². The van der Waals surface area contributed by atoms with Crippen LogP contribution < -0.4 is 10.6 Å². The quantitative estimate of drug-likeness (QED) is 0.385. The molecule has 1 fully saturated rings. The minimum absolute atomic E-state index is 0.0488. The Morgan fingerprint density at radius 2 is 1.94 bits per heavy atom. The fourth-order valence-corrected chi connectivity index (χ4v) is 4.46. The van der Waals surface area contributed by atoms with Crippen molar-refractivity contribution in [3.05, 3.63) is 65.5 Å². The van der Waals surface area contributed by atoms with Gasteiger partial charge >= 0.3 is 0 Å². The molecule has 8 nitrogen and oxygen atoms in total. The number of benzene rings is 1. The molecule has 11 heteroatoms. The zero-order chi connectivity index (χ0) is 23.7. The van der Waals surface area contributed by atoms with Gasteiger partial charge in [-0.25, -0.2) is 23.7 Å². The number of aromatic nitrogens is 5. The fourth-order valence-electron chi connectivity index (χ4n) is 4.26. The number of aromatic amines is 1. The number of amides is 1. The highest BCUT2D eigenvalue weighted by molar-refractivity contribution is 6.31. The van der Waals surface area contributed by atoms with E-state index in [1.807, 2.05) is 0 Å². The van der Waals surface area contributed by atoms with E-state index in [0.29, 0.717) is 17.4 Å². The standard InChI is InChI=1S/C23H20ClF2N7O/c24-12-6-15-16(9-29-20(15)17(25)7-12)21-30-10-18(26)22(33-21)31-13-2-1-3-14(8-13)32-23(34)19-11-27-4-5-28-19/h4-7,9-11,13-14,29H,1-3,8H2,(H,32,34)(H,30,31,33). The van der Waals surface area contributed by atoms with E-state index in [0.717, 1.165) is 25.5 Å². The molecule has 1 saturated carbocycles. The summed E-state index contributed by atoms with van der Waals surface area (Å²) in [6.45, 7) is 0. The average Bonchev–Trinajstić information content (AvgIpc) is 3.25. The number of halogens is 3. The van der Waals surface area contributed by atoms with E-state index in [2.05, 4.69) is 35.6 Å². The van der Waals surface area contributed by atoms with Crippen molar-refractivity contribution in [2.24, 2.45) is 0 Å². The molecule has 1 amide bonds. The third kappa shape index (κ3) is 4.54. The van der Waals surface area contributed by atoms with E-state index in [1.165, 1.54) is 24.7 Å². The van der Waals surface area contributed by atoms with E-state index in [-0.39, 0.29) is 45.9 Å². The third-order valence-corrected chi connectivity index (χ3v) is 6.06. The van der Waals surface area contributed by atoms with Crippen LogP contribution in [0.3, 0.4) is 0 Å². The Labute approximate surface area is 198 Å². The maximum Gasteiger partial charge on any atom is 0.271 e. The Kier molecular flexibility index (Phi) is 6.06. The predicted octanol–water partition coefficient (Wildman–Crippen LogP) is 4.50. The summed E-state index contributed by atoms with van der Waals surface area (Å²) in [6.07, 6.45) is 10.1. The summed E-state index contributed by atoms with van der Waals surface area (Å²) in [4.78, 5) is 31.7. The Balaban J connectivity index is 1.33. The highest BCUT2D eigenvalue weighted by atomic mass is 35.5. The molecule has 0 spiro atoms. The summed E-state index contributed by atoms with van der Waals surface area (Å²) in [7, 11) is 0. The molecule has 0 saturated heterocycles. The van der Waals surface area contributed by atoms with Gasteiger partial charge in [0.1, 0.15) is 11.5 Å². The van der Waals surface area contributed by atoms with Gasteiger partial charge in [-0.05, 0) is 37.8 Å². The van der Waals surface area contributed by atoms with Crippen molar-refractivity contribution >= 4 is 34.2 Å². The molecule has 174 valence electrons. The van der Waals surface area contributed by atoms with E-state index in [9.17, 15) is 13.6 Å². The first-order chi connectivity index (χ1) is 16.5. The molecule has 3 heterocycles. The first-order valence-electron chi connectivity index (χ1n) is 10.8. The molecule has 1 aromatic carbocycles. The van der Waals surface area contributed by atoms with Crippen molar-refractivity contribution in [3.8, 4) is 11.4 Å². The summed E-state index contributed by atoms with van der Waals surface area (Å²) >= 11 is 6.01. The summed E-state index contributed by atoms with van der Waals surface area (Å²) in [5, 5.41) is 6.86. The number of nitrogens with zero attached hydrogens (tertiary/aromatic N) is 4. The number of carbonyl (C=O) groups excluding carboxylic acids is 1. The number of H-pyrrole nitrogens is 1. The van der Waals surface area contributed by atoms with Crippen LogP contribution in [0.4, 0.5) is 14.6 Å². The first-order valence-corrected chi connectivity index (χ1v) is 11.2. The second kappa shape index (κ2) is 9.30. The van der Waals surface area contributed by atoms with Crippen molar-refractivity contribution in [1.82, 2.24) is 30.2 Å². The molecule has 2 unspecified atom stereocenters. The predicted molar refractivity (Wildman–Crippen MR) is 123 cm³/mol. The van der Waals surface area contributed by atoms with E-state index < -0.39 is 11.6 Å². The van der Waals surface area contributed by atoms with Crippen LogP contribution in [-0.4, -0.2) is 42.9 Å². The van der Waals surface area contributed by atoms with Crippen molar-refractivity contribution in [1.29, 1.82) is 0 Å². The lowest BCUT2D eigenvalue weighted by Crippen LogP contribution is -2.42. The Hall–Kier alpha value is -3.66. The molecule has 0 radical (unpaired) electrons. The SMILES string of the molecule is O=C(NC1CCCC(Nc2nc(-c3c[nH]c4c(F)cc(Cl)cc34)ncc2F)C1)c1cnccn1. The van der Waals surface area contributed by atoms with Crippen LogP contribution in [0.1, 0.15) is 36.2 Å². The number of anilines is 1. The van der Waals surface area contributed by atoms with Gasteiger partial charge in [-0.2, -0.15) is 0 Å². The summed E-state index contributed by atoms with van der Waals surface area (Å²) < 4.78 is 28.8. The average molecular weight is 484 g/mol. The number of nitrogens with one attached hydrogen (secondary N) is 3. The second-order valence-electron chi connectivity index (χ2n) is 8.17. The maximum absolute atomic E-state index is 14.6. The number of hydrogen-bond donors (Lipinski definition) is 3. The van der Waals surface area contributed by atoms with Crippen LogP contribution in [0.2, 0.25) is 5.02 Å². The van der Waals surface area contributed by atoms with Gasteiger partial charge < -0.3 is 15.6 Å². The summed E-state index contributed by atoms with van der Waals surface area (Å²) in [6, 6.07) is 2.62. The lowest BCUT2D eigenvalue weighted by Gasteiger charge is -2.30. The van der Waals surface area contributed by atoms with Crippen LogP contribution in [0, 0.1) is 11.6 Å². The smallest absolute Gasteiger partial charge is 0.271 e. The molecule has 0 bridgehead atoms. The topological polar surface area (TPSA) is 108 Å². The maximum atomic E-state index is 14.6. The molecular weight excluding hydrogens is 464 g/mol. The van der Waals surface area contributed by atoms with E-state index in [4.69, 9.17) is 11.6 Å². The summed E-state index contributed by atoms with van der Waals surface area (Å²) in [5.74, 6) is -1.10. The fraction of sp³-hybridized carbons (Fsp3) is 0.261. The van der Waals surface area contributed by atoms with Crippen LogP contribution in [0.5, 0.6) is 0 Å². The highest BCUT2D eigenvalue weighted by Crippen LogP contribution is 2.31. The van der Waals surface area contributed by atoms with Gasteiger partial charge in [0.2, 0.25) is 0 Å². The van der Waals surface area contributed by atoms with Gasteiger partial charge in [-0.1, -0.05) is 11.6 Å². The zero-order valence-corrected chi connectivity index (χ0v) is 18.6. The number of hydrogen-bond acceptors (Lipinski definition) is 6. The van der Waals surface area contributed by atoms with Crippen LogP contribution >= 0.6 is 11.6 Å². The van der Waals surface area contributed by atoms with Crippen molar-refractivity contribution in [3.63, 3.8) is 0 Å². The Morgan fingerprint density at radius 3 is 2.76 bits per heavy atom. The van der Waals surface area contributed by atoms with Crippen LogP contribution in [0.25, 0.3) is 22.3 Å². The van der Waals surface area contributed by atoms with Gasteiger partial charge in [0.25, 0.3) is 5.91 Å². The Morgan fingerprint density at radius 1 is 1.09 bits per heavy atom. The van der Waals surface area contributed by atoms with Crippen LogP contribution in [0.15, 0.2) is 43.1 Å². The molecule has 1 aliphatic rings. The zero-order valence-electron chi connectivity index (χ0n) is 17.9. The minimum atomic E-state index is -0.599. The molecule has 34 heavy (non-hydrogen) atoms. The molecular formula is C23H20ClF2N7O. The number of fused-ring (bicyclic) bond motifs is 1. The molecule has 3 aromatic heterocycles. The number of rotatable bonds is 5. The molecule has 3 N–H and O–H groups in total. The Bertz CT molecular complexity index is 1350. The van der Waals surface area contributed by atoms with Crippen LogP contribution in [-0.2, 0) is 0 Å². The van der Waals surface area contributed by atoms with Crippen molar-refractivity contribution in [2.75, 3.05) is 5.32 Å². The minimum Gasteiger partial charge on any atom is -0.365 e. The lowest BCUT2D eigenvalue weighted by atomic mass is 9.91. The van der Waals surface area contributed by atoms with Gasteiger partial charge in [0, 0.05) is 46.6 Å². The van der Waals surface area contributed by atoms with Crippen molar-refractivity contribution in [2.45, 2.75) is 37.8 Å². The molecule has 4 aromatic rings. The van der Waals surface area contributed by atoms with E-state index >= 15 is 0 Å². The molecule has 0 aliphatic heterocycles. The third-order valence-electron chi connectivity index (χ3n) is 5.84. The monoisotopic (exact) mass is 483 g/mol. The normalized spacial score (nSPS) is 18.1. The van der Waals surface area contributed by atoms with Crippen molar-refractivity contribution < 1.29 is 13.6 Å². The first kappa shape index (κ1) is 22.1. The van der Waals surface area contributed by atoms with Gasteiger partial charge in [-0.3, -0.25) is 9.78 Å². The number of carbonyl (C=O) groups is 1. The molecule has 5 rings (SSSR count). The lowest BCUT2D eigenvalue weighted by molar-refractivity contribution is 0.0921. The second-order valence-corrected chi connectivity index (χ2v) is 8.61. The van der Waals surface area contributed by atoms with E-state index in [1.54, 1.807) is 12.3 Å². The van der Waals surface area contributed by atoms with Gasteiger partial charge in [-0.15, -0.1) is 0 Å². The molecule has 1 aliphatic carbocycles. The largest absolute Gasteiger partial charge is 0.365 e.